The van der Waals surface area contributed by atoms with E-state index in [1.54, 1.807) is 22.9 Å². The number of aromatic nitrogens is 2. The number of rotatable bonds is 5. The summed E-state index contributed by atoms with van der Waals surface area (Å²) in [6.07, 6.45) is 0. The lowest BCUT2D eigenvalue weighted by Crippen LogP contribution is -2.51. The van der Waals surface area contributed by atoms with Gasteiger partial charge >= 0.3 is 0 Å². The van der Waals surface area contributed by atoms with Crippen LogP contribution in [0.15, 0.2) is 28.7 Å². The van der Waals surface area contributed by atoms with Crippen LogP contribution in [-0.4, -0.2) is 63.8 Å². The molecule has 28 heavy (non-hydrogen) atoms. The lowest BCUT2D eigenvalue weighted by molar-refractivity contribution is -0.124. The highest BCUT2D eigenvalue weighted by atomic mass is 32.1. The Labute approximate surface area is 169 Å². The monoisotopic (exact) mass is 407 g/mol. The van der Waals surface area contributed by atoms with Crippen molar-refractivity contribution in [1.82, 2.24) is 24.9 Å². The molecule has 0 unspecified atom stereocenters. The fraction of sp³-hybridized carbons (Fsp3) is 0.526. The summed E-state index contributed by atoms with van der Waals surface area (Å²) in [4.78, 5) is 16.6. The first-order valence-electron chi connectivity index (χ1n) is 9.30. The molecule has 2 heterocycles. The fourth-order valence-corrected chi connectivity index (χ4v) is 3.26. The van der Waals surface area contributed by atoms with Crippen molar-refractivity contribution in [3.8, 4) is 11.5 Å². The van der Waals surface area contributed by atoms with Gasteiger partial charge in [0.2, 0.25) is 11.8 Å². The molecule has 1 amide bonds. The number of hydrogen-bond donors (Lipinski definition) is 1. The van der Waals surface area contributed by atoms with Crippen LogP contribution in [0.4, 0.5) is 4.39 Å². The van der Waals surface area contributed by atoms with Crippen molar-refractivity contribution < 1.29 is 13.6 Å². The highest BCUT2D eigenvalue weighted by Crippen LogP contribution is 2.21. The minimum Gasteiger partial charge on any atom is -0.409 e. The van der Waals surface area contributed by atoms with Crippen LogP contribution in [0.25, 0.3) is 11.5 Å². The summed E-state index contributed by atoms with van der Waals surface area (Å²) in [5.74, 6) is -0.178. The molecule has 0 saturated carbocycles. The third-order valence-corrected chi connectivity index (χ3v) is 4.69. The number of carbonyl (C=O) groups excluding carboxylic acids is 1. The van der Waals surface area contributed by atoms with Gasteiger partial charge in [-0.05, 0) is 45.1 Å². The molecular weight excluding hydrogens is 381 g/mol. The van der Waals surface area contributed by atoms with Gasteiger partial charge in [0.25, 0.3) is 4.84 Å². The Hall–Kier alpha value is -2.10. The summed E-state index contributed by atoms with van der Waals surface area (Å²) in [5.41, 5.74) is 0.0696. The van der Waals surface area contributed by atoms with Crippen LogP contribution in [0.1, 0.15) is 20.8 Å². The number of amides is 1. The van der Waals surface area contributed by atoms with Gasteiger partial charge in [-0.1, -0.05) is 12.1 Å². The molecule has 1 aromatic heterocycles. The average molecular weight is 408 g/mol. The molecule has 0 bridgehead atoms. The summed E-state index contributed by atoms with van der Waals surface area (Å²) in [7, 11) is 0. The molecule has 2 aromatic rings. The van der Waals surface area contributed by atoms with Crippen LogP contribution in [0.5, 0.6) is 0 Å². The topological polar surface area (TPSA) is 66.5 Å². The van der Waals surface area contributed by atoms with Crippen molar-refractivity contribution in [2.24, 2.45) is 0 Å². The number of piperazine rings is 1. The zero-order valence-corrected chi connectivity index (χ0v) is 17.3. The first-order valence-corrected chi connectivity index (χ1v) is 9.71. The predicted molar refractivity (Wildman–Crippen MR) is 107 cm³/mol. The van der Waals surface area contributed by atoms with Crippen LogP contribution in [0.2, 0.25) is 0 Å². The van der Waals surface area contributed by atoms with Gasteiger partial charge in [0, 0.05) is 31.7 Å². The van der Waals surface area contributed by atoms with Crippen LogP contribution in [-0.2, 0) is 11.5 Å². The van der Waals surface area contributed by atoms with Gasteiger partial charge in [0.1, 0.15) is 5.82 Å². The first kappa shape index (κ1) is 20.6. The molecule has 1 aliphatic rings. The lowest BCUT2D eigenvalue weighted by atomic mass is 10.1. The van der Waals surface area contributed by atoms with Gasteiger partial charge in [-0.3, -0.25) is 14.6 Å². The Morgan fingerprint density at radius 2 is 1.86 bits per heavy atom. The van der Waals surface area contributed by atoms with Gasteiger partial charge in [-0.25, -0.2) is 9.07 Å². The van der Waals surface area contributed by atoms with Gasteiger partial charge < -0.3 is 9.73 Å². The number of nitrogens with one attached hydrogen (secondary N) is 1. The minimum absolute atomic E-state index is 0.0363. The third-order valence-electron chi connectivity index (χ3n) is 4.39. The third kappa shape index (κ3) is 5.46. The minimum atomic E-state index is -0.395. The molecular formula is C19H26FN5O2S. The number of nitrogens with zero attached hydrogens (tertiary/aromatic N) is 4. The van der Waals surface area contributed by atoms with Crippen molar-refractivity contribution >= 4 is 18.1 Å². The largest absolute Gasteiger partial charge is 0.409 e. The van der Waals surface area contributed by atoms with Crippen LogP contribution in [0.3, 0.4) is 0 Å². The van der Waals surface area contributed by atoms with E-state index in [-0.39, 0.29) is 22.2 Å². The molecule has 0 radical (unpaired) electrons. The van der Waals surface area contributed by atoms with Crippen LogP contribution < -0.4 is 5.32 Å². The predicted octanol–water partition coefficient (Wildman–Crippen LogP) is 2.50. The van der Waals surface area contributed by atoms with Gasteiger partial charge in [-0.15, -0.1) is 5.10 Å². The second kappa shape index (κ2) is 8.50. The van der Waals surface area contributed by atoms with Crippen molar-refractivity contribution in [3.05, 3.63) is 34.9 Å². The standard InChI is InChI=1S/C19H26FN5O2S/c1-19(2,3)21-16(26)12-23-8-10-24(11-9-23)13-25-18(28)27-17(22-25)14-6-4-5-7-15(14)20/h4-7H,8-13H2,1-3H3,(H,21,26). The maximum absolute atomic E-state index is 13.9. The number of benzene rings is 1. The summed E-state index contributed by atoms with van der Waals surface area (Å²) in [6.45, 7) is 9.91. The summed E-state index contributed by atoms with van der Waals surface area (Å²) < 4.78 is 21.0. The molecule has 3 rings (SSSR count). The highest BCUT2D eigenvalue weighted by Gasteiger charge is 2.22. The van der Waals surface area contributed by atoms with Gasteiger partial charge in [-0.2, -0.15) is 0 Å². The summed E-state index contributed by atoms with van der Waals surface area (Å²) >= 11 is 5.24. The van der Waals surface area contributed by atoms with E-state index in [2.05, 4.69) is 20.2 Å². The SMILES string of the molecule is CC(C)(C)NC(=O)CN1CCN(Cn2nc(-c3ccccc3F)oc2=S)CC1. The van der Waals surface area contributed by atoms with Crippen molar-refractivity contribution in [2.45, 2.75) is 33.0 Å². The van der Waals surface area contributed by atoms with E-state index in [4.69, 9.17) is 16.6 Å². The van der Waals surface area contributed by atoms with E-state index >= 15 is 0 Å². The maximum atomic E-state index is 13.9. The Morgan fingerprint density at radius 3 is 2.50 bits per heavy atom. The van der Waals surface area contributed by atoms with E-state index in [9.17, 15) is 9.18 Å². The molecule has 152 valence electrons. The smallest absolute Gasteiger partial charge is 0.288 e. The van der Waals surface area contributed by atoms with E-state index < -0.39 is 5.82 Å². The first-order chi connectivity index (χ1) is 13.2. The summed E-state index contributed by atoms with van der Waals surface area (Å²) in [5, 5.41) is 7.31. The average Bonchev–Trinajstić information content (AvgIpc) is 2.96. The Kier molecular flexibility index (Phi) is 6.26. The molecule has 0 aliphatic carbocycles. The lowest BCUT2D eigenvalue weighted by Gasteiger charge is -2.34. The Bertz CT molecular complexity index is 881. The van der Waals surface area contributed by atoms with E-state index in [0.717, 1.165) is 26.2 Å². The van der Waals surface area contributed by atoms with Crippen molar-refractivity contribution in [3.63, 3.8) is 0 Å². The van der Waals surface area contributed by atoms with Crippen molar-refractivity contribution in [1.29, 1.82) is 0 Å². The number of carbonyl (C=O) groups is 1. The molecule has 1 aromatic carbocycles. The zero-order valence-electron chi connectivity index (χ0n) is 16.4. The molecule has 1 saturated heterocycles. The van der Waals surface area contributed by atoms with E-state index in [1.807, 2.05) is 20.8 Å². The Balaban J connectivity index is 1.55. The molecule has 0 spiro atoms. The second-order valence-corrected chi connectivity index (χ2v) is 8.34. The van der Waals surface area contributed by atoms with Gasteiger partial charge in [0.05, 0.1) is 18.8 Å². The molecule has 0 atom stereocenters. The Morgan fingerprint density at radius 1 is 1.21 bits per heavy atom. The molecule has 1 fully saturated rings. The normalized spacial score (nSPS) is 16.3. The molecule has 7 nitrogen and oxygen atoms in total. The van der Waals surface area contributed by atoms with Gasteiger partial charge in [0.15, 0.2) is 0 Å². The molecule has 9 heteroatoms. The highest BCUT2D eigenvalue weighted by molar-refractivity contribution is 7.71. The summed E-state index contributed by atoms with van der Waals surface area (Å²) in [6, 6.07) is 6.32. The van der Waals surface area contributed by atoms with Crippen LogP contribution >= 0.6 is 12.2 Å². The fourth-order valence-electron chi connectivity index (χ4n) is 3.08. The molecule has 1 aliphatic heterocycles. The number of hydrogen-bond acceptors (Lipinski definition) is 6. The van der Waals surface area contributed by atoms with E-state index in [1.165, 1.54) is 6.07 Å². The van der Waals surface area contributed by atoms with E-state index in [0.29, 0.717) is 18.8 Å². The number of halogens is 1. The van der Waals surface area contributed by atoms with Crippen molar-refractivity contribution in [2.75, 3.05) is 32.7 Å². The molecule has 1 N–H and O–H groups in total. The van der Waals surface area contributed by atoms with Crippen LogP contribution in [0, 0.1) is 10.7 Å². The second-order valence-electron chi connectivity index (χ2n) is 7.99. The zero-order chi connectivity index (χ0) is 20.3. The quantitative estimate of drug-likeness (QED) is 0.769. The maximum Gasteiger partial charge on any atom is 0.288 e.